The van der Waals surface area contributed by atoms with Gasteiger partial charge in [0.2, 0.25) is 5.91 Å². The number of nitrogens with zero attached hydrogens (tertiary/aromatic N) is 1. The Labute approximate surface area is 116 Å². The van der Waals surface area contributed by atoms with E-state index in [1.165, 1.54) is 25.7 Å². The van der Waals surface area contributed by atoms with Crippen LogP contribution in [0.1, 0.15) is 38.5 Å². The number of nitrogens with one attached hydrogen (secondary N) is 1. The van der Waals surface area contributed by atoms with Gasteiger partial charge < -0.3 is 20.7 Å². The molecule has 1 saturated heterocycles. The lowest BCUT2D eigenvalue weighted by Gasteiger charge is -2.20. The van der Waals surface area contributed by atoms with Gasteiger partial charge in [-0.05, 0) is 38.8 Å². The molecule has 1 aliphatic heterocycles. The van der Waals surface area contributed by atoms with Crippen molar-refractivity contribution in [2.45, 2.75) is 44.6 Å². The topological polar surface area (TPSA) is 67.6 Å². The molecular weight excluding hydrogens is 242 g/mol. The van der Waals surface area contributed by atoms with E-state index in [0.717, 1.165) is 26.1 Å². The number of rotatable bonds is 8. The van der Waals surface area contributed by atoms with E-state index in [4.69, 9.17) is 10.5 Å². The maximum absolute atomic E-state index is 11.8. The van der Waals surface area contributed by atoms with E-state index in [9.17, 15) is 4.79 Å². The van der Waals surface area contributed by atoms with Gasteiger partial charge in [-0.3, -0.25) is 4.79 Å². The number of carbonyl (C=O) groups is 1. The highest BCUT2D eigenvalue weighted by atomic mass is 16.5. The van der Waals surface area contributed by atoms with Crippen molar-refractivity contribution in [3.8, 4) is 0 Å². The summed E-state index contributed by atoms with van der Waals surface area (Å²) < 4.78 is 4.95. The lowest BCUT2D eigenvalue weighted by atomic mass is 10.1. The summed E-state index contributed by atoms with van der Waals surface area (Å²) in [6.07, 6.45) is 6.76. The minimum absolute atomic E-state index is 0.0362. The zero-order valence-electron chi connectivity index (χ0n) is 12.2. The third-order valence-electron chi connectivity index (χ3n) is 3.63. The Balaban J connectivity index is 2.08. The molecule has 0 aliphatic carbocycles. The van der Waals surface area contributed by atoms with Gasteiger partial charge in [0.25, 0.3) is 0 Å². The molecule has 0 aromatic rings. The predicted octanol–water partition coefficient (Wildman–Crippen LogP) is 0.733. The zero-order chi connectivity index (χ0) is 13.9. The molecule has 0 radical (unpaired) electrons. The molecule has 1 heterocycles. The summed E-state index contributed by atoms with van der Waals surface area (Å²) in [4.78, 5) is 14.2. The molecule has 1 fully saturated rings. The molecule has 1 amide bonds. The van der Waals surface area contributed by atoms with Crippen molar-refractivity contribution in [3.05, 3.63) is 0 Å². The Kier molecular flexibility index (Phi) is 8.79. The molecule has 5 heteroatoms. The predicted molar refractivity (Wildman–Crippen MR) is 77.0 cm³/mol. The molecule has 0 aromatic carbocycles. The van der Waals surface area contributed by atoms with Crippen LogP contribution in [0.25, 0.3) is 0 Å². The number of likely N-dealkylation sites (tertiary alicyclic amines) is 1. The number of methoxy groups -OCH3 is 1. The van der Waals surface area contributed by atoms with Gasteiger partial charge in [-0.1, -0.05) is 12.8 Å². The number of hydrogen-bond donors (Lipinski definition) is 2. The van der Waals surface area contributed by atoms with Crippen LogP contribution in [-0.2, 0) is 9.53 Å². The van der Waals surface area contributed by atoms with Crippen LogP contribution in [-0.4, -0.2) is 56.7 Å². The molecule has 19 heavy (non-hydrogen) atoms. The smallest absolute Gasteiger partial charge is 0.236 e. The van der Waals surface area contributed by atoms with Gasteiger partial charge in [-0.15, -0.1) is 0 Å². The van der Waals surface area contributed by atoms with Gasteiger partial charge in [0.05, 0.1) is 6.04 Å². The highest BCUT2D eigenvalue weighted by molar-refractivity contribution is 5.81. The monoisotopic (exact) mass is 271 g/mol. The molecular formula is C14H29N3O2. The van der Waals surface area contributed by atoms with Crippen molar-refractivity contribution < 1.29 is 9.53 Å². The van der Waals surface area contributed by atoms with Gasteiger partial charge in [0, 0.05) is 26.8 Å². The second-order valence-electron chi connectivity index (χ2n) is 5.29. The quantitative estimate of drug-likeness (QED) is 0.639. The maximum atomic E-state index is 11.8. The lowest BCUT2D eigenvalue weighted by Crippen LogP contribution is -2.43. The Morgan fingerprint density at radius 3 is 2.63 bits per heavy atom. The number of nitrogens with two attached hydrogens (primary N) is 1. The van der Waals surface area contributed by atoms with Crippen molar-refractivity contribution in [1.82, 2.24) is 10.2 Å². The molecule has 1 aliphatic rings. The van der Waals surface area contributed by atoms with Crippen molar-refractivity contribution in [2.24, 2.45) is 5.73 Å². The molecule has 0 bridgehead atoms. The van der Waals surface area contributed by atoms with Gasteiger partial charge in [-0.25, -0.2) is 0 Å². The van der Waals surface area contributed by atoms with Crippen LogP contribution in [0.5, 0.6) is 0 Å². The van der Waals surface area contributed by atoms with Crippen LogP contribution in [0, 0.1) is 0 Å². The summed E-state index contributed by atoms with van der Waals surface area (Å²) in [6, 6.07) is -0.403. The Morgan fingerprint density at radius 1 is 1.32 bits per heavy atom. The minimum Gasteiger partial charge on any atom is -0.385 e. The number of ether oxygens (including phenoxy) is 1. The molecule has 0 spiro atoms. The van der Waals surface area contributed by atoms with Crippen molar-refractivity contribution in [3.63, 3.8) is 0 Å². The average molecular weight is 271 g/mol. The lowest BCUT2D eigenvalue weighted by molar-refractivity contribution is -0.122. The molecule has 112 valence electrons. The van der Waals surface area contributed by atoms with Crippen LogP contribution in [0.15, 0.2) is 0 Å². The first-order valence-electron chi connectivity index (χ1n) is 7.48. The number of hydrogen-bond acceptors (Lipinski definition) is 4. The summed E-state index contributed by atoms with van der Waals surface area (Å²) in [5, 5.41) is 2.93. The Hall–Kier alpha value is -0.650. The molecule has 1 rings (SSSR count). The first-order valence-corrected chi connectivity index (χ1v) is 7.48. The molecule has 5 nitrogen and oxygen atoms in total. The van der Waals surface area contributed by atoms with E-state index in [-0.39, 0.29) is 5.91 Å². The van der Waals surface area contributed by atoms with E-state index in [1.54, 1.807) is 7.11 Å². The molecule has 1 atom stereocenters. The summed E-state index contributed by atoms with van der Waals surface area (Å²) in [7, 11) is 1.66. The summed E-state index contributed by atoms with van der Waals surface area (Å²) in [5.74, 6) is -0.0362. The van der Waals surface area contributed by atoms with Crippen molar-refractivity contribution >= 4 is 5.91 Å². The van der Waals surface area contributed by atoms with E-state index in [2.05, 4.69) is 10.2 Å². The van der Waals surface area contributed by atoms with Crippen LogP contribution >= 0.6 is 0 Å². The fraction of sp³-hybridized carbons (Fsp3) is 0.929. The summed E-state index contributed by atoms with van der Waals surface area (Å²) >= 11 is 0. The van der Waals surface area contributed by atoms with E-state index in [1.807, 2.05) is 0 Å². The third-order valence-corrected chi connectivity index (χ3v) is 3.63. The van der Waals surface area contributed by atoms with Crippen LogP contribution in [0.3, 0.4) is 0 Å². The van der Waals surface area contributed by atoms with Crippen LogP contribution in [0.4, 0.5) is 0 Å². The highest BCUT2D eigenvalue weighted by Crippen LogP contribution is 2.08. The average Bonchev–Trinajstić information content (AvgIpc) is 2.67. The Bertz CT molecular complexity index is 241. The maximum Gasteiger partial charge on any atom is 0.236 e. The van der Waals surface area contributed by atoms with Crippen LogP contribution in [0.2, 0.25) is 0 Å². The third kappa shape index (κ3) is 7.50. The molecule has 0 saturated carbocycles. The second-order valence-corrected chi connectivity index (χ2v) is 5.29. The standard InChI is InChI=1S/C14H29N3O2/c1-19-12-6-7-13(15)14(18)16-8-11-17-9-4-2-3-5-10-17/h13H,2-12,15H2,1H3,(H,16,18). The fourth-order valence-electron chi connectivity index (χ4n) is 2.41. The van der Waals surface area contributed by atoms with Crippen molar-refractivity contribution in [2.75, 3.05) is 39.9 Å². The van der Waals surface area contributed by atoms with Gasteiger partial charge in [-0.2, -0.15) is 0 Å². The molecule has 3 N–H and O–H groups in total. The minimum atomic E-state index is -0.403. The first-order chi connectivity index (χ1) is 9.24. The molecule has 0 aromatic heterocycles. The SMILES string of the molecule is COCCCC(N)C(=O)NCCN1CCCCCC1. The normalized spacial score (nSPS) is 18.8. The second kappa shape index (κ2) is 10.2. The van der Waals surface area contributed by atoms with Crippen molar-refractivity contribution in [1.29, 1.82) is 0 Å². The number of amides is 1. The van der Waals surface area contributed by atoms with Gasteiger partial charge in [0.15, 0.2) is 0 Å². The highest BCUT2D eigenvalue weighted by Gasteiger charge is 2.13. The largest absolute Gasteiger partial charge is 0.385 e. The number of carbonyl (C=O) groups excluding carboxylic acids is 1. The Morgan fingerprint density at radius 2 is 2.00 bits per heavy atom. The summed E-state index contributed by atoms with van der Waals surface area (Å²) in [5.41, 5.74) is 5.82. The van der Waals surface area contributed by atoms with E-state index >= 15 is 0 Å². The summed E-state index contributed by atoms with van der Waals surface area (Å²) in [6.45, 7) is 4.63. The van der Waals surface area contributed by atoms with Gasteiger partial charge in [0.1, 0.15) is 0 Å². The zero-order valence-corrected chi connectivity index (χ0v) is 12.2. The fourth-order valence-corrected chi connectivity index (χ4v) is 2.41. The van der Waals surface area contributed by atoms with E-state index < -0.39 is 6.04 Å². The van der Waals surface area contributed by atoms with Gasteiger partial charge >= 0.3 is 0 Å². The van der Waals surface area contributed by atoms with E-state index in [0.29, 0.717) is 19.6 Å². The van der Waals surface area contributed by atoms with Crippen LogP contribution < -0.4 is 11.1 Å². The molecule has 1 unspecified atom stereocenters. The first kappa shape index (κ1) is 16.4.